The molecule has 0 fully saturated rings. The highest BCUT2D eigenvalue weighted by Crippen LogP contribution is 2.25. The van der Waals surface area contributed by atoms with Crippen molar-refractivity contribution in [2.24, 2.45) is 0 Å². The normalized spacial score (nSPS) is 13.4. The van der Waals surface area contributed by atoms with Gasteiger partial charge in [0.05, 0.1) is 13.7 Å². The Balaban J connectivity index is 2.78. The van der Waals surface area contributed by atoms with E-state index in [1.54, 1.807) is 12.1 Å². The lowest BCUT2D eigenvalue weighted by Gasteiger charge is -2.15. The molecule has 0 saturated heterocycles. The van der Waals surface area contributed by atoms with Crippen LogP contribution in [0.25, 0.3) is 0 Å². The van der Waals surface area contributed by atoms with Gasteiger partial charge >= 0.3 is 6.18 Å². The van der Waals surface area contributed by atoms with Crippen molar-refractivity contribution in [3.8, 4) is 5.75 Å². The van der Waals surface area contributed by atoms with Crippen LogP contribution in [-0.4, -0.2) is 26.9 Å². The van der Waals surface area contributed by atoms with E-state index in [1.165, 1.54) is 7.11 Å². The van der Waals surface area contributed by atoms with Crippen molar-refractivity contribution in [1.82, 2.24) is 5.32 Å². The quantitative estimate of drug-likeness (QED) is 0.867. The van der Waals surface area contributed by atoms with Crippen molar-refractivity contribution >= 4 is 0 Å². The first-order chi connectivity index (χ1) is 8.87. The molecule has 0 aliphatic heterocycles. The maximum atomic E-state index is 12.0. The summed E-state index contributed by atoms with van der Waals surface area (Å²) in [6, 6.07) is 5.49. The van der Waals surface area contributed by atoms with Crippen LogP contribution in [0.1, 0.15) is 24.1 Å². The molecular formula is C13H18F3NO2. The van der Waals surface area contributed by atoms with Crippen LogP contribution in [0.4, 0.5) is 13.2 Å². The molecule has 1 rings (SSSR count). The van der Waals surface area contributed by atoms with Crippen molar-refractivity contribution < 1.29 is 22.6 Å². The molecule has 19 heavy (non-hydrogen) atoms. The van der Waals surface area contributed by atoms with Crippen LogP contribution < -0.4 is 10.1 Å². The van der Waals surface area contributed by atoms with Gasteiger partial charge in [-0.25, -0.2) is 0 Å². The molecule has 6 heteroatoms. The molecule has 1 atom stereocenters. The number of hydrogen-bond acceptors (Lipinski definition) is 3. The van der Waals surface area contributed by atoms with E-state index in [0.29, 0.717) is 11.3 Å². The highest BCUT2D eigenvalue weighted by molar-refractivity contribution is 5.38. The molecule has 0 spiro atoms. The van der Waals surface area contributed by atoms with Gasteiger partial charge in [0, 0.05) is 11.6 Å². The van der Waals surface area contributed by atoms with Gasteiger partial charge in [0.15, 0.2) is 0 Å². The molecule has 0 bridgehead atoms. The molecule has 0 aliphatic carbocycles. The van der Waals surface area contributed by atoms with E-state index in [9.17, 15) is 13.2 Å². The molecule has 0 amide bonds. The number of nitrogens with one attached hydrogen (secondary N) is 1. The Morgan fingerprint density at radius 3 is 2.53 bits per heavy atom. The lowest BCUT2D eigenvalue weighted by atomic mass is 10.0. The average Bonchev–Trinajstić information content (AvgIpc) is 2.36. The van der Waals surface area contributed by atoms with E-state index in [2.05, 4.69) is 10.1 Å². The third-order valence-electron chi connectivity index (χ3n) is 2.76. The van der Waals surface area contributed by atoms with Crippen LogP contribution in [0.3, 0.4) is 0 Å². The zero-order valence-electron chi connectivity index (χ0n) is 11.2. The van der Waals surface area contributed by atoms with Crippen molar-refractivity contribution in [2.75, 3.05) is 20.8 Å². The van der Waals surface area contributed by atoms with Crippen molar-refractivity contribution in [1.29, 1.82) is 0 Å². The first-order valence-corrected chi connectivity index (χ1v) is 5.86. The Hall–Kier alpha value is -1.27. The average molecular weight is 277 g/mol. The van der Waals surface area contributed by atoms with Gasteiger partial charge in [0.25, 0.3) is 0 Å². The van der Waals surface area contributed by atoms with Gasteiger partial charge in [0.1, 0.15) is 12.4 Å². The number of benzene rings is 1. The fraction of sp³-hybridized carbons (Fsp3) is 0.538. The number of rotatable bonds is 6. The molecule has 1 unspecified atom stereocenters. The van der Waals surface area contributed by atoms with Gasteiger partial charge < -0.3 is 14.8 Å². The predicted molar refractivity (Wildman–Crippen MR) is 66.2 cm³/mol. The number of halogens is 3. The monoisotopic (exact) mass is 277 g/mol. The van der Waals surface area contributed by atoms with Crippen LogP contribution in [0, 0.1) is 0 Å². The second-order valence-electron chi connectivity index (χ2n) is 4.19. The fourth-order valence-electron chi connectivity index (χ4n) is 1.62. The minimum atomic E-state index is -4.32. The molecule has 0 aromatic heterocycles. The first kappa shape index (κ1) is 15.8. The van der Waals surface area contributed by atoms with Gasteiger partial charge in [-0.2, -0.15) is 13.2 Å². The van der Waals surface area contributed by atoms with Gasteiger partial charge in [-0.1, -0.05) is 6.07 Å². The summed E-state index contributed by atoms with van der Waals surface area (Å²) in [6.07, 6.45) is -4.32. The Bertz CT molecular complexity index is 407. The smallest absolute Gasteiger partial charge is 0.411 e. The number of methoxy groups -OCH3 is 1. The van der Waals surface area contributed by atoms with Crippen LogP contribution in [0.2, 0.25) is 0 Å². The summed E-state index contributed by atoms with van der Waals surface area (Å²) >= 11 is 0. The standard InChI is InChI=1S/C13H18F3NO2/c1-9(17-2)10-4-5-12(18-3)11(6-10)7-19-8-13(14,15)16/h4-6,9,17H,7-8H2,1-3H3. The van der Waals surface area contributed by atoms with Crippen LogP contribution >= 0.6 is 0 Å². The Morgan fingerprint density at radius 1 is 1.32 bits per heavy atom. The summed E-state index contributed by atoms with van der Waals surface area (Å²) in [4.78, 5) is 0. The zero-order chi connectivity index (χ0) is 14.5. The summed E-state index contributed by atoms with van der Waals surface area (Å²) in [5.41, 5.74) is 1.57. The van der Waals surface area contributed by atoms with E-state index in [1.807, 2.05) is 20.0 Å². The molecule has 0 heterocycles. The van der Waals surface area contributed by atoms with Crippen molar-refractivity contribution in [3.05, 3.63) is 29.3 Å². The highest BCUT2D eigenvalue weighted by atomic mass is 19.4. The minimum Gasteiger partial charge on any atom is -0.496 e. The maximum absolute atomic E-state index is 12.0. The van der Waals surface area contributed by atoms with E-state index >= 15 is 0 Å². The second kappa shape index (κ2) is 6.77. The van der Waals surface area contributed by atoms with E-state index in [-0.39, 0.29) is 12.6 Å². The van der Waals surface area contributed by atoms with Crippen LogP contribution in [0.5, 0.6) is 5.75 Å². The summed E-state index contributed by atoms with van der Waals surface area (Å²) in [6.45, 7) is 0.567. The van der Waals surface area contributed by atoms with Crippen LogP contribution in [0.15, 0.2) is 18.2 Å². The topological polar surface area (TPSA) is 30.5 Å². The van der Waals surface area contributed by atoms with Gasteiger partial charge in [-0.3, -0.25) is 0 Å². The zero-order valence-corrected chi connectivity index (χ0v) is 11.2. The largest absolute Gasteiger partial charge is 0.496 e. The van der Waals surface area contributed by atoms with Gasteiger partial charge in [0.2, 0.25) is 0 Å². The van der Waals surface area contributed by atoms with Crippen molar-refractivity contribution in [2.45, 2.75) is 25.7 Å². The Morgan fingerprint density at radius 2 is 2.00 bits per heavy atom. The van der Waals surface area contributed by atoms with E-state index < -0.39 is 12.8 Å². The molecule has 1 aromatic rings. The lowest BCUT2D eigenvalue weighted by Crippen LogP contribution is -2.17. The molecule has 1 aromatic carbocycles. The first-order valence-electron chi connectivity index (χ1n) is 5.86. The summed E-state index contributed by atoms with van der Waals surface area (Å²) < 4.78 is 45.9. The molecule has 3 nitrogen and oxygen atoms in total. The predicted octanol–water partition coefficient (Wildman–Crippen LogP) is 3.05. The molecule has 108 valence electrons. The molecule has 0 radical (unpaired) electrons. The number of alkyl halides is 3. The SMILES string of the molecule is CNC(C)c1ccc(OC)c(COCC(F)(F)F)c1. The van der Waals surface area contributed by atoms with E-state index in [4.69, 9.17) is 4.74 Å². The highest BCUT2D eigenvalue weighted by Gasteiger charge is 2.27. The second-order valence-corrected chi connectivity index (χ2v) is 4.19. The number of ether oxygens (including phenoxy) is 2. The van der Waals surface area contributed by atoms with E-state index in [0.717, 1.165) is 5.56 Å². The number of hydrogen-bond donors (Lipinski definition) is 1. The maximum Gasteiger partial charge on any atom is 0.411 e. The van der Waals surface area contributed by atoms with Gasteiger partial charge in [-0.05, 0) is 31.7 Å². The molecular weight excluding hydrogens is 259 g/mol. The summed E-state index contributed by atoms with van der Waals surface area (Å²) in [7, 11) is 3.29. The Labute approximate surface area is 110 Å². The molecule has 1 N–H and O–H groups in total. The molecule has 0 saturated carbocycles. The third-order valence-corrected chi connectivity index (χ3v) is 2.76. The summed E-state index contributed by atoms with van der Waals surface area (Å²) in [5, 5.41) is 3.06. The third kappa shape index (κ3) is 5.08. The minimum absolute atomic E-state index is 0.104. The lowest BCUT2D eigenvalue weighted by molar-refractivity contribution is -0.176. The fourth-order valence-corrected chi connectivity index (χ4v) is 1.62. The summed E-state index contributed by atoms with van der Waals surface area (Å²) in [5.74, 6) is 0.522. The Kier molecular flexibility index (Phi) is 5.62. The molecule has 0 aliphatic rings. The van der Waals surface area contributed by atoms with Crippen LogP contribution in [-0.2, 0) is 11.3 Å². The van der Waals surface area contributed by atoms with Crippen molar-refractivity contribution in [3.63, 3.8) is 0 Å². The van der Waals surface area contributed by atoms with Gasteiger partial charge in [-0.15, -0.1) is 0 Å².